The fourth-order valence-corrected chi connectivity index (χ4v) is 6.02. The standard InChI is InChI=1S/C22H14Cl4N2O4S2/c23-17-7-5-15(11-19(17)25)33(29,30)27-21-9-13-3-1-2-4-14(13)10-22(21)28-34(31,32)16-6-8-18(24)20(26)12-16/h1-12,27-28H. The normalized spacial score (nSPS) is 12.0. The maximum atomic E-state index is 13.0. The molecule has 0 heterocycles. The molecule has 2 N–H and O–H groups in total. The van der Waals surface area contributed by atoms with Gasteiger partial charge in [0.25, 0.3) is 20.0 Å². The Balaban J connectivity index is 1.80. The molecular weight excluding hydrogens is 562 g/mol. The summed E-state index contributed by atoms with van der Waals surface area (Å²) in [5.74, 6) is 0. The summed E-state index contributed by atoms with van der Waals surface area (Å²) in [7, 11) is -8.29. The Hall–Kier alpha value is -2.20. The Labute approximate surface area is 216 Å². The minimum absolute atomic E-state index is 0.00779. The zero-order valence-electron chi connectivity index (χ0n) is 16.9. The Bertz CT molecular complexity index is 1520. The van der Waals surface area contributed by atoms with Crippen LogP contribution in [-0.4, -0.2) is 16.8 Å². The average molecular weight is 576 g/mol. The molecule has 0 aromatic heterocycles. The summed E-state index contributed by atoms with van der Waals surface area (Å²) in [5, 5.41) is 1.88. The van der Waals surface area contributed by atoms with Gasteiger partial charge in [-0.2, -0.15) is 0 Å². The Morgan fingerprint density at radius 2 is 0.882 bits per heavy atom. The van der Waals surface area contributed by atoms with E-state index in [1.165, 1.54) is 48.5 Å². The van der Waals surface area contributed by atoms with Crippen LogP contribution in [0.25, 0.3) is 10.8 Å². The van der Waals surface area contributed by atoms with Crippen molar-refractivity contribution in [2.45, 2.75) is 9.79 Å². The van der Waals surface area contributed by atoms with Gasteiger partial charge in [0.2, 0.25) is 0 Å². The van der Waals surface area contributed by atoms with Crippen molar-refractivity contribution in [1.82, 2.24) is 0 Å². The molecule has 4 aromatic carbocycles. The molecule has 0 aliphatic heterocycles. The van der Waals surface area contributed by atoms with Crippen LogP contribution in [0, 0.1) is 0 Å². The highest BCUT2D eigenvalue weighted by Crippen LogP contribution is 2.34. The molecule has 4 aromatic rings. The molecule has 0 fully saturated rings. The van der Waals surface area contributed by atoms with E-state index in [0.29, 0.717) is 10.8 Å². The maximum absolute atomic E-state index is 13.0. The lowest BCUT2D eigenvalue weighted by atomic mass is 10.1. The van der Waals surface area contributed by atoms with Crippen LogP contribution in [0.1, 0.15) is 0 Å². The zero-order valence-corrected chi connectivity index (χ0v) is 21.5. The molecule has 0 amide bonds. The number of halogens is 4. The van der Waals surface area contributed by atoms with Crippen molar-refractivity contribution in [3.05, 3.63) is 92.9 Å². The summed E-state index contributed by atoms with van der Waals surface area (Å²) in [6.07, 6.45) is 0. The van der Waals surface area contributed by atoms with Crippen LogP contribution in [0.4, 0.5) is 11.4 Å². The van der Waals surface area contributed by atoms with Gasteiger partial charge in [-0.25, -0.2) is 16.8 Å². The highest BCUT2D eigenvalue weighted by Gasteiger charge is 2.22. The van der Waals surface area contributed by atoms with Crippen LogP contribution < -0.4 is 9.44 Å². The van der Waals surface area contributed by atoms with Crippen LogP contribution in [0.3, 0.4) is 0 Å². The summed E-state index contributed by atoms with van der Waals surface area (Å²) >= 11 is 23.7. The number of hydrogen-bond acceptors (Lipinski definition) is 4. The fraction of sp³-hybridized carbons (Fsp3) is 0. The molecule has 0 aliphatic carbocycles. The van der Waals surface area contributed by atoms with Gasteiger partial charge in [0.1, 0.15) is 0 Å². The van der Waals surface area contributed by atoms with Crippen LogP contribution in [0.2, 0.25) is 20.1 Å². The Kier molecular flexibility index (Phi) is 6.92. The SMILES string of the molecule is O=S(=O)(Nc1cc2ccccc2cc1NS(=O)(=O)c1ccc(Cl)c(Cl)c1)c1ccc(Cl)c(Cl)c1. The lowest BCUT2D eigenvalue weighted by Crippen LogP contribution is -2.17. The van der Waals surface area contributed by atoms with Gasteiger partial charge < -0.3 is 0 Å². The van der Waals surface area contributed by atoms with E-state index in [0.717, 1.165) is 0 Å². The molecule has 0 radical (unpaired) electrons. The minimum Gasteiger partial charge on any atom is -0.277 e. The van der Waals surface area contributed by atoms with Crippen molar-refractivity contribution in [1.29, 1.82) is 0 Å². The van der Waals surface area contributed by atoms with Crippen molar-refractivity contribution >= 4 is 88.6 Å². The predicted octanol–water partition coefficient (Wildman–Crippen LogP) is 7.06. The number of fused-ring (bicyclic) bond motifs is 1. The molecule has 12 heteroatoms. The first-order valence-electron chi connectivity index (χ1n) is 9.45. The summed E-state index contributed by atoms with van der Waals surface area (Å²) in [6, 6.07) is 17.8. The highest BCUT2D eigenvalue weighted by molar-refractivity contribution is 7.93. The monoisotopic (exact) mass is 574 g/mol. The molecule has 0 atom stereocenters. The van der Waals surface area contributed by atoms with E-state index in [1.54, 1.807) is 24.3 Å². The third-order valence-electron chi connectivity index (χ3n) is 4.78. The Morgan fingerprint density at radius 3 is 1.24 bits per heavy atom. The molecule has 0 aliphatic rings. The van der Waals surface area contributed by atoms with Crippen molar-refractivity contribution in [2.24, 2.45) is 0 Å². The first kappa shape index (κ1) is 24.9. The van der Waals surface area contributed by atoms with E-state index < -0.39 is 20.0 Å². The first-order valence-corrected chi connectivity index (χ1v) is 13.9. The largest absolute Gasteiger partial charge is 0.277 e. The number of sulfonamides is 2. The number of benzene rings is 4. The van der Waals surface area contributed by atoms with Crippen molar-refractivity contribution in [3.63, 3.8) is 0 Å². The topological polar surface area (TPSA) is 92.3 Å². The van der Waals surface area contributed by atoms with E-state index in [1.807, 2.05) is 0 Å². The van der Waals surface area contributed by atoms with Crippen molar-refractivity contribution in [2.75, 3.05) is 9.44 Å². The summed E-state index contributed by atoms with van der Waals surface area (Å²) in [4.78, 5) is -0.290. The van der Waals surface area contributed by atoms with Crippen LogP contribution in [0.15, 0.2) is 82.6 Å². The van der Waals surface area contributed by atoms with E-state index in [-0.39, 0.29) is 41.3 Å². The fourth-order valence-electron chi connectivity index (χ4n) is 3.10. The van der Waals surface area contributed by atoms with E-state index in [4.69, 9.17) is 46.4 Å². The maximum Gasteiger partial charge on any atom is 0.262 e. The van der Waals surface area contributed by atoms with Crippen LogP contribution in [-0.2, 0) is 20.0 Å². The lowest BCUT2D eigenvalue weighted by molar-refractivity contribution is 0.599. The van der Waals surface area contributed by atoms with Gasteiger partial charge in [0.15, 0.2) is 0 Å². The highest BCUT2D eigenvalue weighted by atomic mass is 35.5. The summed E-state index contributed by atoms with van der Waals surface area (Å²) in [6.45, 7) is 0. The quantitative estimate of drug-likeness (QED) is 0.257. The van der Waals surface area contributed by atoms with Crippen LogP contribution in [0.5, 0.6) is 0 Å². The number of hydrogen-bond donors (Lipinski definition) is 2. The van der Waals surface area contributed by atoms with E-state index in [2.05, 4.69) is 9.44 Å². The van der Waals surface area contributed by atoms with E-state index in [9.17, 15) is 16.8 Å². The van der Waals surface area contributed by atoms with Gasteiger partial charge >= 0.3 is 0 Å². The lowest BCUT2D eigenvalue weighted by Gasteiger charge is -2.16. The molecule has 0 spiro atoms. The predicted molar refractivity (Wildman–Crippen MR) is 138 cm³/mol. The second kappa shape index (κ2) is 9.45. The van der Waals surface area contributed by atoms with Crippen LogP contribution >= 0.6 is 46.4 Å². The average Bonchev–Trinajstić information content (AvgIpc) is 2.77. The third kappa shape index (κ3) is 5.22. The first-order chi connectivity index (χ1) is 16.0. The molecule has 0 saturated carbocycles. The van der Waals surface area contributed by atoms with Gasteiger partial charge in [-0.1, -0.05) is 70.7 Å². The van der Waals surface area contributed by atoms with Gasteiger partial charge in [-0.05, 0) is 59.3 Å². The molecule has 4 rings (SSSR count). The van der Waals surface area contributed by atoms with E-state index >= 15 is 0 Å². The number of rotatable bonds is 6. The van der Waals surface area contributed by atoms with Gasteiger partial charge in [-0.3, -0.25) is 9.44 Å². The molecule has 6 nitrogen and oxygen atoms in total. The molecule has 176 valence electrons. The molecule has 0 bridgehead atoms. The van der Waals surface area contributed by atoms with Gasteiger partial charge in [0, 0.05) is 0 Å². The minimum atomic E-state index is -4.14. The summed E-state index contributed by atoms with van der Waals surface area (Å²) in [5.41, 5.74) is 0.0156. The molecule has 0 saturated heterocycles. The molecule has 34 heavy (non-hydrogen) atoms. The second-order valence-electron chi connectivity index (χ2n) is 7.11. The zero-order chi connectivity index (χ0) is 24.7. The van der Waals surface area contributed by atoms with Crippen molar-refractivity contribution < 1.29 is 16.8 Å². The third-order valence-corrected chi connectivity index (χ3v) is 8.98. The molecule has 0 unspecified atom stereocenters. The van der Waals surface area contributed by atoms with Gasteiger partial charge in [0.05, 0.1) is 41.3 Å². The number of anilines is 2. The number of nitrogens with one attached hydrogen (secondary N) is 2. The summed E-state index contributed by atoms with van der Waals surface area (Å²) < 4.78 is 57.1. The molecular formula is C22H14Cl4N2O4S2. The van der Waals surface area contributed by atoms with Gasteiger partial charge in [-0.15, -0.1) is 0 Å². The smallest absolute Gasteiger partial charge is 0.262 e. The Morgan fingerprint density at radius 1 is 0.500 bits per heavy atom. The van der Waals surface area contributed by atoms with Crippen molar-refractivity contribution in [3.8, 4) is 0 Å². The second-order valence-corrected chi connectivity index (χ2v) is 12.1.